The van der Waals surface area contributed by atoms with E-state index >= 15 is 0 Å². The summed E-state index contributed by atoms with van der Waals surface area (Å²) in [5, 5.41) is 8.42. The van der Waals surface area contributed by atoms with Crippen LogP contribution in [0.15, 0.2) is 0 Å². The lowest BCUT2D eigenvalue weighted by molar-refractivity contribution is -0.142. The Bertz CT molecular complexity index is 141. The van der Waals surface area contributed by atoms with E-state index in [0.717, 1.165) is 12.8 Å². The normalized spacial score (nSPS) is 10.8. The maximum absolute atomic E-state index is 10.2. The van der Waals surface area contributed by atoms with Crippen molar-refractivity contribution in [3.63, 3.8) is 0 Å². The largest absolute Gasteiger partial charge is 0.481 e. The second-order valence-electron chi connectivity index (χ2n) is 2.98. The van der Waals surface area contributed by atoms with Gasteiger partial charge in [0.1, 0.15) is 0 Å². The molecule has 4 nitrogen and oxygen atoms in total. The summed E-state index contributed by atoms with van der Waals surface area (Å²) in [6, 6.07) is 0. The molecule has 0 saturated heterocycles. The lowest BCUT2D eigenvalue weighted by Crippen LogP contribution is -2.17. The maximum atomic E-state index is 10.2. The minimum absolute atomic E-state index is 0.168. The molecule has 0 bridgehead atoms. The van der Waals surface area contributed by atoms with Gasteiger partial charge in [-0.05, 0) is 33.1 Å². The van der Waals surface area contributed by atoms with Gasteiger partial charge in [-0.1, -0.05) is 0 Å². The predicted molar refractivity (Wildman–Crippen MR) is 53.1 cm³/mol. The summed E-state index contributed by atoms with van der Waals surface area (Å²) in [5.41, 5.74) is 0. The molecule has 0 aromatic heterocycles. The Morgan fingerprint density at radius 2 is 1.79 bits per heavy atom. The topological polar surface area (TPSA) is 55.8 Å². The van der Waals surface area contributed by atoms with Crippen molar-refractivity contribution >= 4 is 5.97 Å². The Balaban J connectivity index is 3.44. The first-order chi connectivity index (χ1) is 6.70. The van der Waals surface area contributed by atoms with E-state index in [9.17, 15) is 4.79 Å². The standard InChI is InChI=1S/C10H20O4/c1-3-13-10(14-4-2)8-6-5-7-9(11)12/h10H,3-8H2,1-2H3,(H,11,12). The van der Waals surface area contributed by atoms with Crippen molar-refractivity contribution in [3.8, 4) is 0 Å². The molecule has 0 saturated carbocycles. The number of aliphatic carboxylic acids is 1. The highest BCUT2D eigenvalue weighted by Crippen LogP contribution is 2.08. The van der Waals surface area contributed by atoms with Gasteiger partial charge >= 0.3 is 5.97 Å². The van der Waals surface area contributed by atoms with Crippen molar-refractivity contribution in [1.82, 2.24) is 0 Å². The molecule has 0 aliphatic rings. The number of carboxylic acids is 1. The van der Waals surface area contributed by atoms with Crippen LogP contribution in [0.2, 0.25) is 0 Å². The minimum Gasteiger partial charge on any atom is -0.481 e. The second kappa shape index (κ2) is 8.97. The maximum Gasteiger partial charge on any atom is 0.303 e. The molecule has 84 valence electrons. The van der Waals surface area contributed by atoms with Crippen LogP contribution >= 0.6 is 0 Å². The second-order valence-corrected chi connectivity index (χ2v) is 2.98. The molecule has 0 radical (unpaired) electrons. The number of hydrogen-bond acceptors (Lipinski definition) is 3. The van der Waals surface area contributed by atoms with Crippen molar-refractivity contribution in [1.29, 1.82) is 0 Å². The summed E-state index contributed by atoms with van der Waals surface area (Å²) >= 11 is 0. The van der Waals surface area contributed by atoms with Crippen LogP contribution in [0.5, 0.6) is 0 Å². The molecule has 0 amide bonds. The van der Waals surface area contributed by atoms with E-state index in [1.165, 1.54) is 0 Å². The van der Waals surface area contributed by atoms with Gasteiger partial charge in [0, 0.05) is 19.6 Å². The molecule has 0 aromatic carbocycles. The van der Waals surface area contributed by atoms with Gasteiger partial charge in [-0.2, -0.15) is 0 Å². The van der Waals surface area contributed by atoms with Crippen LogP contribution < -0.4 is 0 Å². The Morgan fingerprint density at radius 3 is 2.21 bits per heavy atom. The van der Waals surface area contributed by atoms with E-state index in [2.05, 4.69) is 0 Å². The molecule has 0 unspecified atom stereocenters. The molecule has 14 heavy (non-hydrogen) atoms. The van der Waals surface area contributed by atoms with Crippen molar-refractivity contribution in [2.45, 2.75) is 45.8 Å². The number of hydrogen-bond donors (Lipinski definition) is 1. The third-order valence-corrected chi connectivity index (χ3v) is 1.79. The van der Waals surface area contributed by atoms with Crippen LogP contribution in [-0.4, -0.2) is 30.6 Å². The monoisotopic (exact) mass is 204 g/mol. The summed E-state index contributed by atoms with van der Waals surface area (Å²) in [6.45, 7) is 5.10. The molecule has 0 atom stereocenters. The van der Waals surface area contributed by atoms with Crippen molar-refractivity contribution < 1.29 is 19.4 Å². The third kappa shape index (κ3) is 8.01. The number of unbranched alkanes of at least 4 members (excludes halogenated alkanes) is 1. The Hall–Kier alpha value is -0.610. The van der Waals surface area contributed by atoms with Crippen LogP contribution in [0.4, 0.5) is 0 Å². The SMILES string of the molecule is CCOC(CCCCC(=O)O)OCC. The molecule has 4 heteroatoms. The van der Waals surface area contributed by atoms with E-state index in [0.29, 0.717) is 19.6 Å². The molecule has 0 aliphatic heterocycles. The fourth-order valence-electron chi connectivity index (χ4n) is 1.17. The first-order valence-electron chi connectivity index (χ1n) is 5.15. The zero-order valence-electron chi connectivity index (χ0n) is 8.99. The van der Waals surface area contributed by atoms with Crippen LogP contribution in [0.3, 0.4) is 0 Å². The molecule has 0 spiro atoms. The van der Waals surface area contributed by atoms with Gasteiger partial charge in [0.25, 0.3) is 0 Å². The van der Waals surface area contributed by atoms with Gasteiger partial charge in [-0.15, -0.1) is 0 Å². The molecule has 0 aliphatic carbocycles. The van der Waals surface area contributed by atoms with E-state index in [1.807, 2.05) is 13.8 Å². The average molecular weight is 204 g/mol. The Kier molecular flexibility index (Phi) is 8.57. The van der Waals surface area contributed by atoms with Gasteiger partial charge < -0.3 is 14.6 Å². The molecule has 0 heterocycles. The summed E-state index contributed by atoms with van der Waals surface area (Å²) in [4.78, 5) is 10.2. The van der Waals surface area contributed by atoms with E-state index in [4.69, 9.17) is 14.6 Å². The van der Waals surface area contributed by atoms with Crippen LogP contribution in [0.25, 0.3) is 0 Å². The van der Waals surface area contributed by atoms with Crippen LogP contribution in [-0.2, 0) is 14.3 Å². The minimum atomic E-state index is -0.741. The molecule has 0 rings (SSSR count). The number of rotatable bonds is 9. The smallest absolute Gasteiger partial charge is 0.303 e. The summed E-state index contributed by atoms with van der Waals surface area (Å²) in [6.07, 6.45) is 2.35. The zero-order valence-corrected chi connectivity index (χ0v) is 8.99. The predicted octanol–water partition coefficient (Wildman–Crippen LogP) is 2.03. The summed E-state index contributed by atoms with van der Waals surface area (Å²) in [5.74, 6) is -0.741. The van der Waals surface area contributed by atoms with Gasteiger partial charge in [0.05, 0.1) is 0 Å². The molecular formula is C10H20O4. The van der Waals surface area contributed by atoms with Gasteiger partial charge in [-0.3, -0.25) is 4.79 Å². The van der Waals surface area contributed by atoms with E-state index < -0.39 is 5.97 Å². The van der Waals surface area contributed by atoms with Crippen LogP contribution in [0, 0.1) is 0 Å². The van der Waals surface area contributed by atoms with E-state index in [-0.39, 0.29) is 12.7 Å². The highest BCUT2D eigenvalue weighted by Gasteiger charge is 2.07. The van der Waals surface area contributed by atoms with Gasteiger partial charge in [0.15, 0.2) is 6.29 Å². The number of ether oxygens (including phenoxy) is 2. The van der Waals surface area contributed by atoms with E-state index in [1.54, 1.807) is 0 Å². The fourth-order valence-corrected chi connectivity index (χ4v) is 1.17. The van der Waals surface area contributed by atoms with Gasteiger partial charge in [-0.25, -0.2) is 0 Å². The Morgan fingerprint density at radius 1 is 1.21 bits per heavy atom. The zero-order chi connectivity index (χ0) is 10.8. The van der Waals surface area contributed by atoms with Crippen molar-refractivity contribution in [3.05, 3.63) is 0 Å². The fraction of sp³-hybridized carbons (Fsp3) is 0.900. The number of carboxylic acid groups (broad SMARTS) is 1. The van der Waals surface area contributed by atoms with Crippen LogP contribution in [0.1, 0.15) is 39.5 Å². The van der Waals surface area contributed by atoms with Crippen molar-refractivity contribution in [2.75, 3.05) is 13.2 Å². The quantitative estimate of drug-likeness (QED) is 0.461. The molecular weight excluding hydrogens is 184 g/mol. The average Bonchev–Trinajstić information content (AvgIpc) is 2.12. The highest BCUT2D eigenvalue weighted by atomic mass is 16.7. The third-order valence-electron chi connectivity index (χ3n) is 1.79. The van der Waals surface area contributed by atoms with Crippen molar-refractivity contribution in [2.24, 2.45) is 0 Å². The lowest BCUT2D eigenvalue weighted by Gasteiger charge is -2.16. The highest BCUT2D eigenvalue weighted by molar-refractivity contribution is 5.66. The Labute approximate surface area is 85.2 Å². The molecule has 0 aromatic rings. The summed E-state index contributed by atoms with van der Waals surface area (Å²) < 4.78 is 10.6. The first kappa shape index (κ1) is 13.4. The summed E-state index contributed by atoms with van der Waals surface area (Å²) in [7, 11) is 0. The molecule has 1 N–H and O–H groups in total. The first-order valence-corrected chi connectivity index (χ1v) is 5.15. The molecule has 0 fully saturated rings. The number of carbonyl (C=O) groups is 1. The lowest BCUT2D eigenvalue weighted by atomic mass is 10.2. The van der Waals surface area contributed by atoms with Gasteiger partial charge in [0.2, 0.25) is 0 Å².